The number of methoxy groups -OCH3 is 1. The smallest absolute Gasteiger partial charge is 0.341 e. The Morgan fingerprint density at radius 2 is 1.90 bits per heavy atom. The Balaban J connectivity index is 1.99. The maximum Gasteiger partial charge on any atom is 0.341 e. The summed E-state index contributed by atoms with van der Waals surface area (Å²) in [4.78, 5) is 49.0. The van der Waals surface area contributed by atoms with E-state index in [4.69, 9.17) is 14.6 Å². The van der Waals surface area contributed by atoms with Gasteiger partial charge in [0.2, 0.25) is 0 Å². The Kier molecular flexibility index (Phi) is 6.17. The number of nitrogens with zero attached hydrogens (tertiary/aromatic N) is 1. The van der Waals surface area contributed by atoms with Crippen LogP contribution >= 0.6 is 15.9 Å². The number of amides is 4. The largest absolute Gasteiger partial charge is 0.493 e. The number of anilines is 1. The van der Waals surface area contributed by atoms with Crippen molar-refractivity contribution in [2.24, 2.45) is 0 Å². The van der Waals surface area contributed by atoms with E-state index < -0.39 is 30.4 Å². The SMILES string of the molecule is COc1cc(C=C2C(=O)NC(=O)N(c3ccccc3)C2=O)cc(Br)c1OCC(=O)O. The lowest BCUT2D eigenvalue weighted by Crippen LogP contribution is -2.54. The molecule has 0 spiro atoms. The van der Waals surface area contributed by atoms with Gasteiger partial charge < -0.3 is 14.6 Å². The first kappa shape index (κ1) is 21.1. The van der Waals surface area contributed by atoms with Crippen molar-refractivity contribution in [3.8, 4) is 11.5 Å². The van der Waals surface area contributed by atoms with Gasteiger partial charge in [-0.3, -0.25) is 14.9 Å². The van der Waals surface area contributed by atoms with Gasteiger partial charge >= 0.3 is 12.0 Å². The van der Waals surface area contributed by atoms with E-state index in [1.165, 1.54) is 25.3 Å². The lowest BCUT2D eigenvalue weighted by molar-refractivity contribution is -0.139. The predicted octanol–water partition coefficient (Wildman–Crippen LogP) is 2.59. The molecule has 2 N–H and O–H groups in total. The van der Waals surface area contributed by atoms with Crippen LogP contribution in [0.4, 0.5) is 10.5 Å². The van der Waals surface area contributed by atoms with Crippen molar-refractivity contribution in [3.05, 3.63) is 58.1 Å². The van der Waals surface area contributed by atoms with E-state index in [0.29, 0.717) is 15.7 Å². The Morgan fingerprint density at radius 1 is 1.20 bits per heavy atom. The predicted molar refractivity (Wildman–Crippen MR) is 109 cm³/mol. The normalized spacial score (nSPS) is 15.2. The number of benzene rings is 2. The molecule has 2 aromatic rings. The molecule has 9 nitrogen and oxygen atoms in total. The molecule has 30 heavy (non-hydrogen) atoms. The first-order valence-corrected chi connectivity index (χ1v) is 9.29. The van der Waals surface area contributed by atoms with Gasteiger partial charge in [0.25, 0.3) is 11.8 Å². The summed E-state index contributed by atoms with van der Waals surface area (Å²) in [5.41, 5.74) is 0.448. The second-order valence-electron chi connectivity index (χ2n) is 6.01. The molecule has 1 aliphatic rings. The maximum absolute atomic E-state index is 12.9. The molecular formula is C20H15BrN2O7. The molecule has 10 heteroatoms. The number of halogens is 1. The first-order chi connectivity index (χ1) is 14.3. The lowest BCUT2D eigenvalue weighted by atomic mass is 10.1. The van der Waals surface area contributed by atoms with Crippen LogP contribution in [0.3, 0.4) is 0 Å². The number of para-hydroxylation sites is 1. The van der Waals surface area contributed by atoms with Crippen LogP contribution in [-0.2, 0) is 14.4 Å². The fraction of sp³-hybridized carbons (Fsp3) is 0.100. The molecular weight excluding hydrogens is 460 g/mol. The first-order valence-electron chi connectivity index (χ1n) is 8.50. The second-order valence-corrected chi connectivity index (χ2v) is 6.86. The minimum Gasteiger partial charge on any atom is -0.493 e. The lowest BCUT2D eigenvalue weighted by Gasteiger charge is -2.26. The third kappa shape index (κ3) is 4.33. The number of carboxylic acids is 1. The van der Waals surface area contributed by atoms with E-state index in [0.717, 1.165) is 4.90 Å². The molecule has 0 aliphatic carbocycles. The Labute approximate surface area is 179 Å². The van der Waals surface area contributed by atoms with Crippen LogP contribution in [0.15, 0.2) is 52.5 Å². The van der Waals surface area contributed by atoms with Gasteiger partial charge in [-0.15, -0.1) is 0 Å². The molecule has 0 bridgehead atoms. The fourth-order valence-corrected chi connectivity index (χ4v) is 3.31. The van der Waals surface area contributed by atoms with Crippen molar-refractivity contribution < 1.29 is 33.8 Å². The van der Waals surface area contributed by atoms with E-state index in [9.17, 15) is 19.2 Å². The van der Waals surface area contributed by atoms with Gasteiger partial charge in [-0.25, -0.2) is 14.5 Å². The summed E-state index contributed by atoms with van der Waals surface area (Å²) in [5.74, 6) is -2.43. The number of barbiturate groups is 1. The summed E-state index contributed by atoms with van der Waals surface area (Å²) in [6.07, 6.45) is 1.30. The number of hydrogen-bond donors (Lipinski definition) is 2. The Hall–Kier alpha value is -3.66. The van der Waals surface area contributed by atoms with Crippen molar-refractivity contribution in [3.63, 3.8) is 0 Å². The summed E-state index contributed by atoms with van der Waals surface area (Å²) < 4.78 is 10.8. The molecule has 3 rings (SSSR count). The number of carboxylic acid groups (broad SMARTS) is 1. The van der Waals surface area contributed by atoms with Gasteiger partial charge in [0.05, 0.1) is 17.3 Å². The zero-order valence-electron chi connectivity index (χ0n) is 15.5. The van der Waals surface area contributed by atoms with Crippen LogP contribution in [-0.4, -0.2) is 42.6 Å². The number of imide groups is 2. The summed E-state index contributed by atoms with van der Waals surface area (Å²) in [7, 11) is 1.36. The van der Waals surface area contributed by atoms with Crippen LogP contribution in [0.2, 0.25) is 0 Å². The molecule has 4 amide bonds. The van der Waals surface area contributed by atoms with E-state index in [1.54, 1.807) is 30.3 Å². The highest BCUT2D eigenvalue weighted by atomic mass is 79.9. The van der Waals surface area contributed by atoms with Crippen LogP contribution in [0, 0.1) is 0 Å². The number of aliphatic carboxylic acids is 1. The summed E-state index contributed by atoms with van der Waals surface area (Å²) >= 11 is 3.26. The van der Waals surface area contributed by atoms with Crippen molar-refractivity contribution in [2.75, 3.05) is 18.6 Å². The average molecular weight is 475 g/mol. The fourth-order valence-electron chi connectivity index (χ4n) is 2.73. The number of carbonyl (C=O) groups excluding carboxylic acids is 3. The van der Waals surface area contributed by atoms with Gasteiger partial charge in [0.1, 0.15) is 5.57 Å². The molecule has 154 valence electrons. The number of nitrogens with one attached hydrogen (secondary N) is 1. The number of carbonyl (C=O) groups is 4. The van der Waals surface area contributed by atoms with Crippen LogP contribution in [0.25, 0.3) is 6.08 Å². The van der Waals surface area contributed by atoms with E-state index >= 15 is 0 Å². The minimum atomic E-state index is -1.16. The van der Waals surface area contributed by atoms with Crippen LogP contribution < -0.4 is 19.7 Å². The maximum atomic E-state index is 12.9. The Bertz CT molecular complexity index is 1070. The molecule has 1 aliphatic heterocycles. The van der Waals surface area contributed by atoms with Crippen LogP contribution in [0.5, 0.6) is 11.5 Å². The highest BCUT2D eigenvalue weighted by molar-refractivity contribution is 9.10. The number of urea groups is 1. The van der Waals surface area contributed by atoms with Gasteiger partial charge in [-0.05, 0) is 51.8 Å². The quantitative estimate of drug-likeness (QED) is 0.487. The topological polar surface area (TPSA) is 122 Å². The van der Waals surface area contributed by atoms with Crippen LogP contribution in [0.1, 0.15) is 5.56 Å². The Morgan fingerprint density at radius 3 is 2.53 bits per heavy atom. The van der Waals surface area contributed by atoms with E-state index in [1.807, 2.05) is 0 Å². The van der Waals surface area contributed by atoms with Gasteiger partial charge in [0.15, 0.2) is 18.1 Å². The highest BCUT2D eigenvalue weighted by Crippen LogP contribution is 2.37. The molecule has 2 aromatic carbocycles. The van der Waals surface area contributed by atoms with Gasteiger partial charge in [-0.2, -0.15) is 0 Å². The standard InChI is InChI=1S/C20H15BrN2O7/c1-29-15-9-11(8-14(21)17(15)30-10-16(24)25)7-13-18(26)22-20(28)23(19(13)27)12-5-3-2-4-6-12/h2-9H,10H2,1H3,(H,24,25)(H,22,26,28). The molecule has 1 heterocycles. The molecule has 0 radical (unpaired) electrons. The van der Waals surface area contributed by atoms with Crippen molar-refractivity contribution in [1.82, 2.24) is 5.32 Å². The average Bonchev–Trinajstić information content (AvgIpc) is 2.70. The second kappa shape index (κ2) is 8.78. The zero-order valence-corrected chi connectivity index (χ0v) is 17.1. The van der Waals surface area contributed by atoms with Crippen molar-refractivity contribution in [2.45, 2.75) is 0 Å². The highest BCUT2D eigenvalue weighted by Gasteiger charge is 2.36. The van der Waals surface area contributed by atoms with Crippen molar-refractivity contribution >= 4 is 51.5 Å². The van der Waals surface area contributed by atoms with E-state index in [-0.39, 0.29) is 17.1 Å². The number of rotatable bonds is 6. The molecule has 1 saturated heterocycles. The van der Waals surface area contributed by atoms with Crippen molar-refractivity contribution in [1.29, 1.82) is 0 Å². The third-order valence-electron chi connectivity index (χ3n) is 4.02. The molecule has 0 aromatic heterocycles. The minimum absolute atomic E-state index is 0.155. The monoisotopic (exact) mass is 474 g/mol. The van der Waals surface area contributed by atoms with Gasteiger partial charge in [0, 0.05) is 0 Å². The summed E-state index contributed by atoms with van der Waals surface area (Å²) in [6, 6.07) is 10.3. The zero-order chi connectivity index (χ0) is 21.8. The third-order valence-corrected chi connectivity index (χ3v) is 4.61. The number of hydrogen-bond acceptors (Lipinski definition) is 6. The molecule has 0 saturated carbocycles. The molecule has 0 unspecified atom stereocenters. The summed E-state index contributed by atoms with van der Waals surface area (Å²) in [6.45, 7) is -0.579. The number of ether oxygens (including phenoxy) is 2. The summed E-state index contributed by atoms with van der Waals surface area (Å²) in [5, 5.41) is 10.9. The molecule has 1 fully saturated rings. The van der Waals surface area contributed by atoms with Gasteiger partial charge in [-0.1, -0.05) is 18.2 Å². The van der Waals surface area contributed by atoms with E-state index in [2.05, 4.69) is 21.2 Å². The molecule has 0 atom stereocenters.